The van der Waals surface area contributed by atoms with Gasteiger partial charge in [0.25, 0.3) is 0 Å². The van der Waals surface area contributed by atoms with E-state index in [0.29, 0.717) is 19.1 Å². The fraction of sp³-hybridized carbons (Fsp3) is 0.944. The zero-order valence-corrected chi connectivity index (χ0v) is 13.8. The summed E-state index contributed by atoms with van der Waals surface area (Å²) in [7, 11) is 0. The van der Waals surface area contributed by atoms with Crippen molar-refractivity contribution in [3.63, 3.8) is 0 Å². The highest BCUT2D eigenvalue weighted by atomic mass is 16.6. The minimum atomic E-state index is -0.134. The molecule has 0 aromatic rings. The van der Waals surface area contributed by atoms with Crippen molar-refractivity contribution < 1.29 is 9.53 Å². The molecule has 0 spiro atoms. The second-order valence-electron chi connectivity index (χ2n) is 7.57. The van der Waals surface area contributed by atoms with Crippen LogP contribution in [-0.2, 0) is 4.74 Å². The van der Waals surface area contributed by atoms with E-state index >= 15 is 0 Å². The van der Waals surface area contributed by atoms with Gasteiger partial charge >= 0.3 is 6.09 Å². The zero-order chi connectivity index (χ0) is 15.4. The summed E-state index contributed by atoms with van der Waals surface area (Å²) >= 11 is 0. The molecule has 4 heteroatoms. The maximum absolute atomic E-state index is 12.0. The van der Waals surface area contributed by atoms with Gasteiger partial charge in [-0.15, -0.1) is 0 Å². The quantitative estimate of drug-likeness (QED) is 0.865. The molecule has 2 N–H and O–H groups in total. The minimum Gasteiger partial charge on any atom is -0.443 e. The molecule has 1 amide bonds. The van der Waals surface area contributed by atoms with E-state index in [2.05, 4.69) is 0 Å². The van der Waals surface area contributed by atoms with Crippen molar-refractivity contribution in [2.45, 2.75) is 82.8 Å². The van der Waals surface area contributed by atoms with Gasteiger partial charge in [0.15, 0.2) is 0 Å². The molecule has 0 aromatic heterocycles. The van der Waals surface area contributed by atoms with Gasteiger partial charge < -0.3 is 15.4 Å². The normalized spacial score (nSPS) is 35.0. The van der Waals surface area contributed by atoms with Crippen LogP contribution in [0, 0.1) is 11.8 Å². The van der Waals surface area contributed by atoms with Gasteiger partial charge in [-0.1, -0.05) is 57.8 Å². The average molecular weight is 308 g/mol. The maximum Gasteiger partial charge on any atom is 0.410 e. The predicted octanol–water partition coefficient (Wildman–Crippen LogP) is 3.69. The molecule has 0 unspecified atom stereocenters. The van der Waals surface area contributed by atoms with Crippen LogP contribution < -0.4 is 5.73 Å². The Morgan fingerprint density at radius 1 is 0.909 bits per heavy atom. The summed E-state index contributed by atoms with van der Waals surface area (Å²) in [6, 6.07) is 0.386. The molecule has 1 atom stereocenters. The van der Waals surface area contributed by atoms with Crippen molar-refractivity contribution >= 4 is 6.09 Å². The van der Waals surface area contributed by atoms with E-state index < -0.39 is 0 Å². The van der Waals surface area contributed by atoms with E-state index in [9.17, 15) is 4.79 Å². The van der Waals surface area contributed by atoms with Gasteiger partial charge in [0.1, 0.15) is 6.10 Å². The van der Waals surface area contributed by atoms with Crippen molar-refractivity contribution in [1.82, 2.24) is 4.90 Å². The third kappa shape index (κ3) is 3.76. The number of carbonyl (C=O) groups is 1. The molecular formula is C18H32N2O2. The van der Waals surface area contributed by atoms with Crippen molar-refractivity contribution in [3.05, 3.63) is 0 Å². The van der Waals surface area contributed by atoms with E-state index in [0.717, 1.165) is 24.7 Å². The first-order valence-corrected chi connectivity index (χ1v) is 9.45. The van der Waals surface area contributed by atoms with Crippen molar-refractivity contribution in [1.29, 1.82) is 0 Å². The van der Waals surface area contributed by atoms with Crippen LogP contribution in [0.4, 0.5) is 4.79 Å². The molecule has 1 aliphatic heterocycles. The lowest BCUT2D eigenvalue weighted by atomic mass is 9.74. The van der Waals surface area contributed by atoms with Gasteiger partial charge in [0, 0.05) is 12.6 Å². The summed E-state index contributed by atoms with van der Waals surface area (Å²) < 4.78 is 5.33. The van der Waals surface area contributed by atoms with Crippen LogP contribution in [0.5, 0.6) is 0 Å². The third-order valence-corrected chi connectivity index (χ3v) is 6.15. The van der Waals surface area contributed by atoms with Crippen LogP contribution in [-0.4, -0.2) is 36.2 Å². The first kappa shape index (κ1) is 16.1. The fourth-order valence-electron chi connectivity index (χ4n) is 4.87. The molecule has 3 fully saturated rings. The SMILES string of the molecule is NC[C@H]1CN(C2CCCC(C3CCCCC3)CCC2)C(=O)O1. The van der Waals surface area contributed by atoms with Crippen LogP contribution >= 0.6 is 0 Å². The van der Waals surface area contributed by atoms with Crippen LogP contribution in [0.2, 0.25) is 0 Å². The van der Waals surface area contributed by atoms with Gasteiger partial charge in [-0.3, -0.25) is 0 Å². The highest BCUT2D eigenvalue weighted by molar-refractivity contribution is 5.70. The topological polar surface area (TPSA) is 55.6 Å². The largest absolute Gasteiger partial charge is 0.443 e. The van der Waals surface area contributed by atoms with Gasteiger partial charge in [0.05, 0.1) is 6.54 Å². The van der Waals surface area contributed by atoms with Crippen LogP contribution in [0.15, 0.2) is 0 Å². The highest BCUT2D eigenvalue weighted by Crippen LogP contribution is 2.37. The average Bonchev–Trinajstić information content (AvgIpc) is 2.89. The molecule has 1 saturated heterocycles. The molecule has 0 radical (unpaired) electrons. The Labute approximate surface area is 134 Å². The Balaban J connectivity index is 1.50. The number of cyclic esters (lactones) is 1. The van der Waals surface area contributed by atoms with Crippen LogP contribution in [0.1, 0.15) is 70.6 Å². The van der Waals surface area contributed by atoms with E-state index in [1.165, 1.54) is 57.8 Å². The Morgan fingerprint density at radius 3 is 2.05 bits per heavy atom. The number of nitrogens with two attached hydrogens (primary N) is 1. The Morgan fingerprint density at radius 2 is 1.50 bits per heavy atom. The van der Waals surface area contributed by atoms with Crippen molar-refractivity contribution in [3.8, 4) is 0 Å². The first-order chi connectivity index (χ1) is 10.8. The van der Waals surface area contributed by atoms with Crippen LogP contribution in [0.25, 0.3) is 0 Å². The number of hydrogen-bond acceptors (Lipinski definition) is 3. The highest BCUT2D eigenvalue weighted by Gasteiger charge is 2.36. The lowest BCUT2D eigenvalue weighted by molar-refractivity contribution is 0.123. The zero-order valence-electron chi connectivity index (χ0n) is 13.8. The summed E-state index contributed by atoms with van der Waals surface area (Å²) in [6.45, 7) is 1.14. The second-order valence-corrected chi connectivity index (χ2v) is 7.57. The summed E-state index contributed by atoms with van der Waals surface area (Å²) in [6.07, 6.45) is 14.6. The number of hydrogen-bond donors (Lipinski definition) is 1. The molecule has 2 aliphatic carbocycles. The number of ether oxygens (including phenoxy) is 1. The van der Waals surface area contributed by atoms with E-state index in [4.69, 9.17) is 10.5 Å². The summed E-state index contributed by atoms with van der Waals surface area (Å²) in [5.41, 5.74) is 5.64. The lowest BCUT2D eigenvalue weighted by Crippen LogP contribution is -2.38. The number of amides is 1. The second kappa shape index (κ2) is 7.67. The first-order valence-electron chi connectivity index (χ1n) is 9.45. The minimum absolute atomic E-state index is 0.0899. The number of rotatable bonds is 3. The van der Waals surface area contributed by atoms with E-state index in [1.807, 2.05) is 4.90 Å². The van der Waals surface area contributed by atoms with E-state index in [-0.39, 0.29) is 12.2 Å². The summed E-state index contributed by atoms with van der Waals surface area (Å²) in [4.78, 5) is 14.0. The van der Waals surface area contributed by atoms with E-state index in [1.54, 1.807) is 0 Å². The van der Waals surface area contributed by atoms with Crippen molar-refractivity contribution in [2.75, 3.05) is 13.1 Å². The number of carbonyl (C=O) groups excluding carboxylic acids is 1. The van der Waals surface area contributed by atoms with Gasteiger partial charge in [0.2, 0.25) is 0 Å². The fourth-order valence-corrected chi connectivity index (χ4v) is 4.87. The standard InChI is InChI=1S/C18H32N2O2/c19-12-17-13-20(18(21)22-17)16-10-4-8-15(9-5-11-16)14-6-2-1-3-7-14/h14-17H,1-13,19H2/t15?,16?,17-/m0/s1. The molecule has 4 nitrogen and oxygen atoms in total. The molecule has 1 heterocycles. The Hall–Kier alpha value is -0.770. The lowest BCUT2D eigenvalue weighted by Gasteiger charge is -2.34. The van der Waals surface area contributed by atoms with Gasteiger partial charge in [-0.05, 0) is 24.7 Å². The monoisotopic (exact) mass is 308 g/mol. The maximum atomic E-state index is 12.0. The molecule has 0 bridgehead atoms. The predicted molar refractivity (Wildman–Crippen MR) is 87.6 cm³/mol. The summed E-state index contributed by atoms with van der Waals surface area (Å²) in [5.74, 6) is 1.94. The molecule has 126 valence electrons. The molecule has 22 heavy (non-hydrogen) atoms. The molecule has 2 saturated carbocycles. The van der Waals surface area contributed by atoms with Gasteiger partial charge in [-0.25, -0.2) is 4.79 Å². The third-order valence-electron chi connectivity index (χ3n) is 6.15. The molecule has 3 aliphatic rings. The Kier molecular flexibility index (Phi) is 5.61. The summed E-state index contributed by atoms with van der Waals surface area (Å²) in [5, 5.41) is 0. The Bertz CT molecular complexity index is 358. The molecule has 0 aromatic carbocycles. The van der Waals surface area contributed by atoms with Crippen LogP contribution in [0.3, 0.4) is 0 Å². The molecular weight excluding hydrogens is 276 g/mol. The smallest absolute Gasteiger partial charge is 0.410 e. The van der Waals surface area contributed by atoms with Crippen molar-refractivity contribution in [2.24, 2.45) is 17.6 Å². The van der Waals surface area contributed by atoms with Gasteiger partial charge in [-0.2, -0.15) is 0 Å². The number of nitrogens with zero attached hydrogens (tertiary/aromatic N) is 1. The molecule has 3 rings (SSSR count).